The maximum Gasteiger partial charge on any atom is 0.246 e. The number of amides is 1. The van der Waals surface area contributed by atoms with E-state index in [4.69, 9.17) is 16.3 Å². The summed E-state index contributed by atoms with van der Waals surface area (Å²) in [5, 5.41) is 2.35. The lowest BCUT2D eigenvalue weighted by atomic mass is 10.2. The fourth-order valence-electron chi connectivity index (χ4n) is 2.54. The third-order valence-corrected chi connectivity index (χ3v) is 4.40. The number of fused-ring (bicyclic) bond motifs is 1. The van der Waals surface area contributed by atoms with Gasteiger partial charge in [-0.15, -0.1) is 11.3 Å². The second-order valence-electron chi connectivity index (χ2n) is 5.18. The first-order chi connectivity index (χ1) is 10.0. The van der Waals surface area contributed by atoms with Crippen molar-refractivity contribution in [1.29, 1.82) is 0 Å². The summed E-state index contributed by atoms with van der Waals surface area (Å²) in [7, 11) is 0. The molecule has 1 aliphatic heterocycles. The third-order valence-electron chi connectivity index (χ3n) is 3.37. The van der Waals surface area contributed by atoms with Gasteiger partial charge in [0.1, 0.15) is 0 Å². The lowest BCUT2D eigenvalue weighted by Crippen LogP contribution is -2.47. The van der Waals surface area contributed by atoms with Gasteiger partial charge in [0, 0.05) is 30.7 Å². The van der Waals surface area contributed by atoms with E-state index < -0.39 is 0 Å². The van der Waals surface area contributed by atoms with Crippen molar-refractivity contribution >= 4 is 39.9 Å². The van der Waals surface area contributed by atoms with Gasteiger partial charge in [-0.05, 0) is 19.9 Å². The molecule has 3 rings (SSSR count). The number of ether oxygens (including phenoxy) is 1. The quantitative estimate of drug-likeness (QED) is 0.798. The molecule has 7 heteroatoms. The normalized spacial score (nSPS) is 23.3. The van der Waals surface area contributed by atoms with E-state index in [1.54, 1.807) is 17.1 Å². The number of imidazole rings is 1. The summed E-state index contributed by atoms with van der Waals surface area (Å²) in [6.07, 6.45) is 5.29. The molecule has 0 saturated carbocycles. The summed E-state index contributed by atoms with van der Waals surface area (Å²) < 4.78 is 7.51. The van der Waals surface area contributed by atoms with Crippen LogP contribution in [0.15, 0.2) is 17.7 Å². The molecular weight excluding hydrogens is 310 g/mol. The Morgan fingerprint density at radius 3 is 2.90 bits per heavy atom. The maximum atomic E-state index is 12.3. The Bertz CT molecular complexity index is 684. The molecule has 1 saturated heterocycles. The minimum atomic E-state index is -0.0294. The van der Waals surface area contributed by atoms with E-state index in [9.17, 15) is 4.79 Å². The topological polar surface area (TPSA) is 46.8 Å². The Labute approximate surface area is 131 Å². The number of hydrogen-bond acceptors (Lipinski definition) is 4. The molecule has 2 aromatic heterocycles. The van der Waals surface area contributed by atoms with Crippen molar-refractivity contribution in [2.75, 3.05) is 13.1 Å². The number of carbonyl (C=O) groups is 1. The first-order valence-electron chi connectivity index (χ1n) is 6.78. The molecule has 1 aliphatic rings. The van der Waals surface area contributed by atoms with Crippen LogP contribution in [0.4, 0.5) is 0 Å². The summed E-state index contributed by atoms with van der Waals surface area (Å²) in [6, 6.07) is 0. The minimum absolute atomic E-state index is 0.0294. The average Bonchev–Trinajstić information content (AvgIpc) is 2.96. The number of aromatic nitrogens is 2. The zero-order chi connectivity index (χ0) is 15.0. The number of thiazole rings is 1. The standard InChI is InChI=1S/C14H16ClN3O2S/c1-9-7-17(8-10(2)20-9)12(19)4-3-11-13(15)16-14-18(11)5-6-21-14/h3-6,9-10H,7-8H2,1-2H3. The zero-order valence-corrected chi connectivity index (χ0v) is 13.4. The number of hydrogen-bond donors (Lipinski definition) is 0. The van der Waals surface area contributed by atoms with E-state index in [1.165, 1.54) is 11.3 Å². The van der Waals surface area contributed by atoms with E-state index in [0.717, 1.165) is 10.7 Å². The summed E-state index contributed by atoms with van der Waals surface area (Å²) in [5.41, 5.74) is 0.732. The first-order valence-corrected chi connectivity index (χ1v) is 8.04. The molecule has 0 aliphatic carbocycles. The van der Waals surface area contributed by atoms with Crippen LogP contribution in [0.1, 0.15) is 19.5 Å². The van der Waals surface area contributed by atoms with Crippen LogP contribution in [0.3, 0.4) is 0 Å². The van der Waals surface area contributed by atoms with E-state index in [1.807, 2.05) is 29.8 Å². The smallest absolute Gasteiger partial charge is 0.246 e. The van der Waals surface area contributed by atoms with Gasteiger partial charge in [-0.3, -0.25) is 9.20 Å². The molecule has 112 valence electrons. The molecule has 0 radical (unpaired) electrons. The molecule has 0 aromatic carbocycles. The van der Waals surface area contributed by atoms with Crippen molar-refractivity contribution in [2.45, 2.75) is 26.1 Å². The maximum absolute atomic E-state index is 12.3. The molecule has 1 amide bonds. The second kappa shape index (κ2) is 5.79. The molecule has 2 atom stereocenters. The van der Waals surface area contributed by atoms with Crippen molar-refractivity contribution in [3.05, 3.63) is 28.5 Å². The molecule has 2 aromatic rings. The largest absolute Gasteiger partial charge is 0.372 e. The Kier molecular flexibility index (Phi) is 4.01. The molecule has 3 heterocycles. The summed E-state index contributed by atoms with van der Waals surface area (Å²) in [6.45, 7) is 5.17. The van der Waals surface area contributed by atoms with Gasteiger partial charge in [-0.25, -0.2) is 4.98 Å². The lowest BCUT2D eigenvalue weighted by Gasteiger charge is -2.34. The number of morpholine rings is 1. The van der Waals surface area contributed by atoms with Crippen LogP contribution in [0.5, 0.6) is 0 Å². The molecular formula is C14H16ClN3O2S. The van der Waals surface area contributed by atoms with Crippen LogP contribution in [0.2, 0.25) is 5.15 Å². The average molecular weight is 326 g/mol. The van der Waals surface area contributed by atoms with Crippen molar-refractivity contribution in [3.8, 4) is 0 Å². The van der Waals surface area contributed by atoms with Crippen LogP contribution in [0, 0.1) is 0 Å². The van der Waals surface area contributed by atoms with Crippen LogP contribution < -0.4 is 0 Å². The third kappa shape index (κ3) is 2.97. The molecule has 0 N–H and O–H groups in total. The molecule has 1 fully saturated rings. The summed E-state index contributed by atoms with van der Waals surface area (Å²) in [5.74, 6) is -0.0294. The van der Waals surface area contributed by atoms with E-state index in [-0.39, 0.29) is 18.1 Å². The van der Waals surface area contributed by atoms with Gasteiger partial charge in [-0.2, -0.15) is 0 Å². The number of rotatable bonds is 2. The van der Waals surface area contributed by atoms with Crippen LogP contribution in [0.25, 0.3) is 11.0 Å². The second-order valence-corrected chi connectivity index (χ2v) is 6.41. The van der Waals surface area contributed by atoms with Gasteiger partial charge in [0.05, 0.1) is 17.9 Å². The van der Waals surface area contributed by atoms with Crippen LogP contribution in [-0.2, 0) is 9.53 Å². The van der Waals surface area contributed by atoms with Gasteiger partial charge in [-0.1, -0.05) is 11.6 Å². The number of carbonyl (C=O) groups excluding carboxylic acids is 1. The van der Waals surface area contributed by atoms with Gasteiger partial charge in [0.2, 0.25) is 5.91 Å². The predicted molar refractivity (Wildman–Crippen MR) is 83.7 cm³/mol. The van der Waals surface area contributed by atoms with Crippen molar-refractivity contribution in [2.24, 2.45) is 0 Å². The highest BCUT2D eigenvalue weighted by Crippen LogP contribution is 2.22. The highest BCUT2D eigenvalue weighted by Gasteiger charge is 2.24. The Morgan fingerprint density at radius 1 is 1.48 bits per heavy atom. The van der Waals surface area contributed by atoms with Gasteiger partial charge >= 0.3 is 0 Å². The van der Waals surface area contributed by atoms with Gasteiger partial charge < -0.3 is 9.64 Å². The number of halogens is 1. The highest BCUT2D eigenvalue weighted by atomic mass is 35.5. The fraction of sp³-hybridized carbons (Fsp3) is 0.429. The van der Waals surface area contributed by atoms with Crippen molar-refractivity contribution in [1.82, 2.24) is 14.3 Å². The molecule has 21 heavy (non-hydrogen) atoms. The van der Waals surface area contributed by atoms with Gasteiger partial charge in [0.15, 0.2) is 10.1 Å². The monoisotopic (exact) mass is 325 g/mol. The minimum Gasteiger partial charge on any atom is -0.372 e. The van der Waals surface area contributed by atoms with E-state index in [2.05, 4.69) is 4.98 Å². The Hall–Kier alpha value is -1.37. The zero-order valence-electron chi connectivity index (χ0n) is 11.8. The SMILES string of the molecule is CC1CN(C(=O)C=Cc2c(Cl)nc3sccn23)CC(C)O1. The molecule has 0 spiro atoms. The van der Waals surface area contributed by atoms with E-state index in [0.29, 0.717) is 18.2 Å². The summed E-state index contributed by atoms with van der Waals surface area (Å²) in [4.78, 5) is 19.1. The van der Waals surface area contributed by atoms with Crippen LogP contribution >= 0.6 is 22.9 Å². The molecule has 2 unspecified atom stereocenters. The lowest BCUT2D eigenvalue weighted by molar-refractivity contribution is -0.137. The van der Waals surface area contributed by atoms with Crippen molar-refractivity contribution < 1.29 is 9.53 Å². The van der Waals surface area contributed by atoms with Crippen LogP contribution in [-0.4, -0.2) is 45.5 Å². The fourth-order valence-corrected chi connectivity index (χ4v) is 3.54. The first kappa shape index (κ1) is 14.6. The van der Waals surface area contributed by atoms with Gasteiger partial charge in [0.25, 0.3) is 0 Å². The Morgan fingerprint density at radius 2 is 2.19 bits per heavy atom. The highest BCUT2D eigenvalue weighted by molar-refractivity contribution is 7.15. The predicted octanol–water partition coefficient (Wildman–Crippen LogP) is 2.70. The molecule has 5 nitrogen and oxygen atoms in total. The van der Waals surface area contributed by atoms with E-state index >= 15 is 0 Å². The summed E-state index contributed by atoms with van der Waals surface area (Å²) >= 11 is 7.61. The Balaban J connectivity index is 1.77. The number of nitrogens with zero attached hydrogens (tertiary/aromatic N) is 3. The van der Waals surface area contributed by atoms with Crippen molar-refractivity contribution in [3.63, 3.8) is 0 Å². The molecule has 0 bridgehead atoms.